The van der Waals surface area contributed by atoms with Crippen molar-refractivity contribution in [3.05, 3.63) is 28.8 Å². The van der Waals surface area contributed by atoms with Gasteiger partial charge in [0, 0.05) is 18.0 Å². The second kappa shape index (κ2) is 5.85. The van der Waals surface area contributed by atoms with Crippen LogP contribution in [0.3, 0.4) is 0 Å². The van der Waals surface area contributed by atoms with Crippen molar-refractivity contribution < 1.29 is 18.0 Å². The summed E-state index contributed by atoms with van der Waals surface area (Å²) in [5, 5.41) is 0.283. The van der Waals surface area contributed by atoms with E-state index in [1.165, 1.54) is 11.0 Å². The smallest absolute Gasteiger partial charge is 0.339 e. The highest BCUT2D eigenvalue weighted by molar-refractivity contribution is 7.80. The third-order valence-electron chi connectivity index (χ3n) is 3.43. The van der Waals surface area contributed by atoms with Crippen LogP contribution in [0.1, 0.15) is 23.2 Å². The number of hydrogen-bond donors (Lipinski definition) is 1. The molecule has 1 aliphatic rings. The number of thiol groups is 1. The van der Waals surface area contributed by atoms with Crippen molar-refractivity contribution in [3.8, 4) is 0 Å². The molecule has 2 nitrogen and oxygen atoms in total. The summed E-state index contributed by atoms with van der Waals surface area (Å²) in [4.78, 5) is 14.3. The van der Waals surface area contributed by atoms with Crippen molar-refractivity contribution in [2.75, 3.05) is 13.1 Å². The highest BCUT2D eigenvalue weighted by atomic mass is 35.5. The van der Waals surface area contributed by atoms with Crippen LogP contribution in [0.4, 0.5) is 13.2 Å². The number of halogens is 4. The second-order valence-electron chi connectivity index (χ2n) is 4.77. The van der Waals surface area contributed by atoms with E-state index in [1.807, 2.05) is 0 Å². The zero-order chi connectivity index (χ0) is 14.9. The first kappa shape index (κ1) is 15.5. The summed E-state index contributed by atoms with van der Waals surface area (Å²) in [6.45, 7) is 0.187. The molecule has 0 spiro atoms. The molecule has 1 fully saturated rings. The maximum absolute atomic E-state index is 12.6. The summed E-state index contributed by atoms with van der Waals surface area (Å²) >= 11 is 10.1. The predicted octanol–water partition coefficient (Wildman–Crippen LogP) is 4.04. The maximum atomic E-state index is 12.6. The topological polar surface area (TPSA) is 20.3 Å². The van der Waals surface area contributed by atoms with Gasteiger partial charge in [0.05, 0.1) is 16.5 Å². The van der Waals surface area contributed by atoms with Crippen molar-refractivity contribution in [3.63, 3.8) is 0 Å². The van der Waals surface area contributed by atoms with Gasteiger partial charge in [0.15, 0.2) is 0 Å². The van der Waals surface area contributed by atoms with Gasteiger partial charge in [0.25, 0.3) is 5.91 Å². The highest BCUT2D eigenvalue weighted by Crippen LogP contribution is 2.34. The van der Waals surface area contributed by atoms with Gasteiger partial charge in [-0.2, -0.15) is 13.2 Å². The number of carbonyl (C=O) groups excluding carboxylic acids is 1. The lowest BCUT2D eigenvalue weighted by atomic mass is 9.96. The molecule has 0 aromatic heterocycles. The largest absolute Gasteiger partial charge is 0.391 e. The molecule has 1 saturated heterocycles. The Morgan fingerprint density at radius 2 is 1.90 bits per heavy atom. The molecule has 0 unspecified atom stereocenters. The average molecular weight is 324 g/mol. The van der Waals surface area contributed by atoms with Crippen LogP contribution in [0.2, 0.25) is 5.02 Å². The van der Waals surface area contributed by atoms with Crippen LogP contribution in [-0.4, -0.2) is 30.1 Å². The van der Waals surface area contributed by atoms with Gasteiger partial charge in [-0.1, -0.05) is 11.6 Å². The molecular weight excluding hydrogens is 311 g/mol. The van der Waals surface area contributed by atoms with E-state index in [-0.39, 0.29) is 42.4 Å². The van der Waals surface area contributed by atoms with Crippen molar-refractivity contribution in [1.29, 1.82) is 0 Å². The fourth-order valence-corrected chi connectivity index (χ4v) is 2.66. The Balaban J connectivity index is 2.07. The molecule has 1 heterocycles. The Morgan fingerprint density at radius 1 is 1.30 bits per heavy atom. The maximum Gasteiger partial charge on any atom is 0.391 e. The Hall–Kier alpha value is -0.880. The number of amides is 1. The summed E-state index contributed by atoms with van der Waals surface area (Å²) in [5.41, 5.74) is 0.282. The molecule has 0 aliphatic carbocycles. The van der Waals surface area contributed by atoms with Crippen LogP contribution < -0.4 is 0 Å². The van der Waals surface area contributed by atoms with Gasteiger partial charge in [-0.3, -0.25) is 4.79 Å². The van der Waals surface area contributed by atoms with Crippen molar-refractivity contribution >= 4 is 30.1 Å². The van der Waals surface area contributed by atoms with Crippen LogP contribution in [0.15, 0.2) is 23.1 Å². The summed E-state index contributed by atoms with van der Waals surface area (Å²) in [6, 6.07) is 4.74. The standard InChI is InChI=1S/C13H13ClF3NOS/c14-11-2-1-9(20)7-10(11)12(19)18-5-3-8(4-6-18)13(15,16)17/h1-2,7-8,20H,3-6H2. The highest BCUT2D eigenvalue weighted by Gasteiger charge is 2.41. The van der Waals surface area contributed by atoms with E-state index in [1.54, 1.807) is 12.1 Å². The third kappa shape index (κ3) is 3.41. The van der Waals surface area contributed by atoms with Crippen LogP contribution in [0.25, 0.3) is 0 Å². The quantitative estimate of drug-likeness (QED) is 0.773. The van der Waals surface area contributed by atoms with Gasteiger partial charge < -0.3 is 4.90 Å². The monoisotopic (exact) mass is 323 g/mol. The molecular formula is C13H13ClF3NOS. The second-order valence-corrected chi connectivity index (χ2v) is 5.70. The molecule has 0 radical (unpaired) electrons. The number of alkyl halides is 3. The van der Waals surface area contributed by atoms with E-state index in [0.29, 0.717) is 4.90 Å². The van der Waals surface area contributed by atoms with E-state index in [9.17, 15) is 18.0 Å². The first-order valence-corrected chi connectivity index (χ1v) is 6.96. The summed E-state index contributed by atoms with van der Waals surface area (Å²) in [7, 11) is 0. The lowest BCUT2D eigenvalue weighted by Gasteiger charge is -2.33. The molecule has 0 bridgehead atoms. The van der Waals surface area contributed by atoms with Gasteiger partial charge in [0.1, 0.15) is 0 Å². The minimum absolute atomic E-state index is 0.0621. The number of likely N-dealkylation sites (tertiary alicyclic amines) is 1. The van der Waals surface area contributed by atoms with Crippen LogP contribution >= 0.6 is 24.2 Å². The predicted molar refractivity (Wildman–Crippen MR) is 73.4 cm³/mol. The molecule has 0 N–H and O–H groups in total. The summed E-state index contributed by atoms with van der Waals surface area (Å²) in [5.74, 6) is -1.66. The van der Waals surface area contributed by atoms with Crippen molar-refractivity contribution in [2.45, 2.75) is 23.9 Å². The molecule has 0 saturated carbocycles. The fraction of sp³-hybridized carbons (Fsp3) is 0.462. The van der Waals surface area contributed by atoms with Crippen LogP contribution in [0.5, 0.6) is 0 Å². The van der Waals surface area contributed by atoms with Gasteiger partial charge in [-0.05, 0) is 31.0 Å². The van der Waals surface area contributed by atoms with Gasteiger partial charge in [0.2, 0.25) is 0 Å². The van der Waals surface area contributed by atoms with E-state index >= 15 is 0 Å². The van der Waals surface area contributed by atoms with Gasteiger partial charge in [-0.15, -0.1) is 12.6 Å². The van der Waals surface area contributed by atoms with Crippen molar-refractivity contribution in [1.82, 2.24) is 4.90 Å². The Bertz CT molecular complexity index is 513. The lowest BCUT2D eigenvalue weighted by molar-refractivity contribution is -0.183. The molecule has 7 heteroatoms. The molecule has 1 aromatic carbocycles. The number of hydrogen-bond acceptors (Lipinski definition) is 2. The molecule has 1 aliphatic heterocycles. The zero-order valence-electron chi connectivity index (χ0n) is 10.5. The van der Waals surface area contributed by atoms with Gasteiger partial charge in [-0.25, -0.2) is 0 Å². The molecule has 20 heavy (non-hydrogen) atoms. The van der Waals surface area contributed by atoms with E-state index in [4.69, 9.17) is 11.6 Å². The van der Waals surface area contributed by atoms with Crippen LogP contribution in [-0.2, 0) is 0 Å². The van der Waals surface area contributed by atoms with Crippen molar-refractivity contribution in [2.24, 2.45) is 5.92 Å². The first-order valence-electron chi connectivity index (χ1n) is 6.13. The third-order valence-corrected chi connectivity index (χ3v) is 4.03. The summed E-state index contributed by atoms with van der Waals surface area (Å²) in [6.07, 6.45) is -4.31. The number of piperidine rings is 1. The minimum atomic E-state index is -4.18. The molecule has 110 valence electrons. The molecule has 2 rings (SSSR count). The molecule has 1 aromatic rings. The Labute approximate surface area is 125 Å². The first-order chi connectivity index (χ1) is 9.29. The number of nitrogens with zero attached hydrogens (tertiary/aromatic N) is 1. The van der Waals surface area contributed by atoms with E-state index in [0.717, 1.165) is 0 Å². The number of benzene rings is 1. The number of carbonyl (C=O) groups is 1. The molecule has 1 amide bonds. The van der Waals surface area contributed by atoms with Gasteiger partial charge >= 0.3 is 6.18 Å². The number of rotatable bonds is 1. The fourth-order valence-electron chi connectivity index (χ4n) is 2.26. The average Bonchev–Trinajstić information content (AvgIpc) is 2.40. The summed E-state index contributed by atoms with van der Waals surface area (Å²) < 4.78 is 37.7. The Morgan fingerprint density at radius 3 is 2.45 bits per heavy atom. The Kier molecular flexibility index (Phi) is 4.54. The minimum Gasteiger partial charge on any atom is -0.339 e. The zero-order valence-corrected chi connectivity index (χ0v) is 12.1. The van der Waals surface area contributed by atoms with E-state index in [2.05, 4.69) is 12.6 Å². The normalized spacial score (nSPS) is 17.4. The molecule has 0 atom stereocenters. The van der Waals surface area contributed by atoms with E-state index < -0.39 is 12.1 Å². The lowest BCUT2D eigenvalue weighted by Crippen LogP contribution is -2.42. The SMILES string of the molecule is O=C(c1cc(S)ccc1Cl)N1CCC(C(F)(F)F)CC1. The van der Waals surface area contributed by atoms with Crippen LogP contribution in [0, 0.1) is 5.92 Å².